The summed E-state index contributed by atoms with van der Waals surface area (Å²) in [5, 5.41) is 15.1. The van der Waals surface area contributed by atoms with E-state index in [1.54, 1.807) is 0 Å². The average Bonchev–Trinajstić information content (AvgIpc) is 3.26. The van der Waals surface area contributed by atoms with E-state index in [-0.39, 0.29) is 11.9 Å². The third kappa shape index (κ3) is 2.93. The highest BCUT2D eigenvalue weighted by Gasteiger charge is 2.29. The molecule has 1 atom stereocenters. The second kappa shape index (κ2) is 6.62. The smallest absolute Gasteiger partial charge is 0.272 e. The lowest BCUT2D eigenvalue weighted by molar-refractivity contribution is 0.0927. The van der Waals surface area contributed by atoms with Crippen molar-refractivity contribution < 1.29 is 4.79 Å². The van der Waals surface area contributed by atoms with Crippen LogP contribution >= 0.6 is 0 Å². The van der Waals surface area contributed by atoms with Gasteiger partial charge >= 0.3 is 0 Å². The Labute approximate surface area is 164 Å². The van der Waals surface area contributed by atoms with Crippen LogP contribution in [0.3, 0.4) is 0 Å². The number of aryl methyl sites for hydroxylation is 1. The summed E-state index contributed by atoms with van der Waals surface area (Å²) >= 11 is 0. The topological polar surface area (TPSA) is 75.6 Å². The van der Waals surface area contributed by atoms with E-state index in [9.17, 15) is 4.79 Å². The summed E-state index contributed by atoms with van der Waals surface area (Å²) in [6.45, 7) is 4.26. The molecule has 2 heterocycles. The summed E-state index contributed by atoms with van der Waals surface area (Å²) < 4.78 is 2.05. The number of aromatic amines is 1. The van der Waals surface area contributed by atoms with Gasteiger partial charge in [-0.2, -0.15) is 10.2 Å². The predicted molar refractivity (Wildman–Crippen MR) is 107 cm³/mol. The van der Waals surface area contributed by atoms with Crippen LogP contribution in [0.15, 0.2) is 30.5 Å². The number of fused-ring (bicyclic) bond motifs is 1. The molecule has 2 N–H and O–H groups in total. The lowest BCUT2D eigenvalue weighted by Crippen LogP contribution is -2.31. The second-order valence-corrected chi connectivity index (χ2v) is 8.08. The van der Waals surface area contributed by atoms with Crippen molar-refractivity contribution in [1.82, 2.24) is 25.3 Å². The zero-order valence-electron chi connectivity index (χ0n) is 16.3. The highest BCUT2D eigenvalue weighted by molar-refractivity contribution is 5.92. The average molecular weight is 375 g/mol. The summed E-state index contributed by atoms with van der Waals surface area (Å²) in [5.41, 5.74) is 7.50. The van der Waals surface area contributed by atoms with E-state index in [1.807, 2.05) is 12.3 Å². The van der Waals surface area contributed by atoms with Gasteiger partial charge in [-0.25, -0.2) is 4.68 Å². The zero-order valence-corrected chi connectivity index (χ0v) is 16.3. The van der Waals surface area contributed by atoms with Gasteiger partial charge in [-0.15, -0.1) is 0 Å². The van der Waals surface area contributed by atoms with Crippen LogP contribution in [-0.2, 0) is 6.42 Å². The Morgan fingerprint density at radius 1 is 1.25 bits per heavy atom. The lowest BCUT2D eigenvalue weighted by Gasteiger charge is -2.24. The van der Waals surface area contributed by atoms with Crippen molar-refractivity contribution in [2.75, 3.05) is 0 Å². The molecule has 2 aliphatic rings. The van der Waals surface area contributed by atoms with Gasteiger partial charge in [0, 0.05) is 22.9 Å². The monoisotopic (exact) mass is 375 g/mol. The first kappa shape index (κ1) is 17.2. The Morgan fingerprint density at radius 2 is 2.11 bits per heavy atom. The van der Waals surface area contributed by atoms with Crippen LogP contribution in [0, 0.1) is 13.8 Å². The minimum atomic E-state index is -0.111. The van der Waals surface area contributed by atoms with Gasteiger partial charge < -0.3 is 5.32 Å². The van der Waals surface area contributed by atoms with Crippen LogP contribution in [0.1, 0.15) is 76.2 Å². The fourth-order valence-corrected chi connectivity index (χ4v) is 4.17. The maximum absolute atomic E-state index is 12.7. The number of aromatic nitrogens is 4. The molecule has 1 fully saturated rings. The largest absolute Gasteiger partial charge is 0.344 e. The molecule has 1 saturated carbocycles. The Balaban J connectivity index is 1.41. The molecule has 0 spiro atoms. The van der Waals surface area contributed by atoms with E-state index in [0.29, 0.717) is 11.6 Å². The second-order valence-electron chi connectivity index (χ2n) is 8.08. The summed E-state index contributed by atoms with van der Waals surface area (Å²) in [6.07, 6.45) is 7.23. The van der Waals surface area contributed by atoms with Crippen LogP contribution < -0.4 is 5.32 Å². The number of H-pyrrole nitrogens is 1. The van der Waals surface area contributed by atoms with Crippen molar-refractivity contribution in [2.45, 2.75) is 57.9 Å². The number of nitrogens with one attached hydrogen (secondary N) is 2. The van der Waals surface area contributed by atoms with Crippen molar-refractivity contribution in [3.63, 3.8) is 0 Å². The SMILES string of the molecule is Cc1cccc(-n2ncc3c2CCC[C@H]3NC(=O)c2cc(C3CC3)[nH]n2)c1C. The lowest BCUT2D eigenvalue weighted by atomic mass is 9.92. The van der Waals surface area contributed by atoms with Gasteiger partial charge in [0.25, 0.3) is 5.91 Å². The third-order valence-corrected chi connectivity index (χ3v) is 6.14. The van der Waals surface area contributed by atoms with E-state index >= 15 is 0 Å². The van der Waals surface area contributed by atoms with Crippen LogP contribution in [0.5, 0.6) is 0 Å². The van der Waals surface area contributed by atoms with Crippen LogP contribution in [0.4, 0.5) is 0 Å². The molecule has 0 bridgehead atoms. The first-order valence-electron chi connectivity index (χ1n) is 10.1. The van der Waals surface area contributed by atoms with Crippen LogP contribution in [-0.4, -0.2) is 25.9 Å². The van der Waals surface area contributed by atoms with Crippen molar-refractivity contribution in [3.05, 3.63) is 64.2 Å². The molecule has 0 aliphatic heterocycles. The van der Waals surface area contributed by atoms with Gasteiger partial charge in [0.05, 0.1) is 17.9 Å². The number of hydrogen-bond acceptors (Lipinski definition) is 3. The summed E-state index contributed by atoms with van der Waals surface area (Å²) in [4.78, 5) is 12.7. The predicted octanol–water partition coefficient (Wildman–Crippen LogP) is 3.90. The summed E-state index contributed by atoms with van der Waals surface area (Å²) in [6, 6.07) is 8.19. The number of carbonyl (C=O) groups excluding carboxylic acids is 1. The Kier molecular flexibility index (Phi) is 4.07. The normalized spacial score (nSPS) is 18.7. The van der Waals surface area contributed by atoms with Gasteiger partial charge in [0.2, 0.25) is 0 Å². The molecule has 1 aromatic carbocycles. The minimum Gasteiger partial charge on any atom is -0.344 e. The molecule has 144 valence electrons. The Morgan fingerprint density at radius 3 is 2.93 bits per heavy atom. The van der Waals surface area contributed by atoms with Crippen molar-refractivity contribution >= 4 is 5.91 Å². The summed E-state index contributed by atoms with van der Waals surface area (Å²) in [5.74, 6) is 0.451. The standard InChI is InChI=1S/C22H25N5O/c1-13-5-3-7-20(14(13)2)27-21-8-4-6-17(16(21)12-23-27)24-22(28)19-11-18(25-26-19)15-9-10-15/h3,5,7,11-12,15,17H,4,6,8-10H2,1-2H3,(H,24,28)(H,25,26)/t17-/m1/s1. The van der Waals surface area contributed by atoms with E-state index in [1.165, 1.54) is 29.7 Å². The molecular formula is C22H25N5O. The quantitative estimate of drug-likeness (QED) is 0.726. The highest BCUT2D eigenvalue weighted by Crippen LogP contribution is 2.39. The fraction of sp³-hybridized carbons (Fsp3) is 0.409. The highest BCUT2D eigenvalue weighted by atomic mass is 16.2. The minimum absolute atomic E-state index is 0.0174. The van der Waals surface area contributed by atoms with Crippen molar-refractivity contribution in [2.24, 2.45) is 0 Å². The molecule has 2 aromatic heterocycles. The molecule has 5 rings (SSSR count). The number of rotatable bonds is 4. The fourth-order valence-electron chi connectivity index (χ4n) is 4.17. The van der Waals surface area contributed by atoms with Gasteiger partial charge in [-0.1, -0.05) is 12.1 Å². The number of nitrogens with zero attached hydrogens (tertiary/aromatic N) is 3. The Bertz CT molecular complexity index is 1040. The maximum atomic E-state index is 12.7. The molecular weight excluding hydrogens is 350 g/mol. The first-order valence-corrected chi connectivity index (χ1v) is 10.1. The maximum Gasteiger partial charge on any atom is 0.272 e. The van der Waals surface area contributed by atoms with Gasteiger partial charge in [0.15, 0.2) is 0 Å². The van der Waals surface area contributed by atoms with Gasteiger partial charge in [0.1, 0.15) is 5.69 Å². The van der Waals surface area contributed by atoms with Crippen LogP contribution in [0.25, 0.3) is 5.69 Å². The van der Waals surface area contributed by atoms with E-state index in [0.717, 1.165) is 36.2 Å². The van der Waals surface area contributed by atoms with Crippen molar-refractivity contribution in [1.29, 1.82) is 0 Å². The molecule has 0 saturated heterocycles. The molecule has 0 unspecified atom stereocenters. The molecule has 28 heavy (non-hydrogen) atoms. The molecule has 1 amide bonds. The van der Waals surface area contributed by atoms with Crippen LogP contribution in [0.2, 0.25) is 0 Å². The zero-order chi connectivity index (χ0) is 19.3. The number of amides is 1. The third-order valence-electron chi connectivity index (χ3n) is 6.14. The van der Waals surface area contributed by atoms with Gasteiger partial charge in [-0.05, 0) is 69.2 Å². The number of hydrogen-bond donors (Lipinski definition) is 2. The molecule has 6 nitrogen and oxygen atoms in total. The first-order chi connectivity index (χ1) is 13.6. The van der Waals surface area contributed by atoms with Crippen molar-refractivity contribution in [3.8, 4) is 5.69 Å². The van der Waals surface area contributed by atoms with E-state index < -0.39 is 0 Å². The Hall–Kier alpha value is -2.89. The van der Waals surface area contributed by atoms with E-state index in [2.05, 4.69) is 57.3 Å². The molecule has 6 heteroatoms. The number of carbonyl (C=O) groups is 1. The van der Waals surface area contributed by atoms with E-state index in [4.69, 9.17) is 0 Å². The number of benzene rings is 1. The molecule has 3 aromatic rings. The summed E-state index contributed by atoms with van der Waals surface area (Å²) in [7, 11) is 0. The molecule has 0 radical (unpaired) electrons. The molecule has 2 aliphatic carbocycles. The van der Waals surface area contributed by atoms with Gasteiger partial charge in [-0.3, -0.25) is 9.89 Å².